The Balaban J connectivity index is 0.00000225. The van der Waals surface area contributed by atoms with Crippen LogP contribution in [0, 0.1) is 0 Å². The van der Waals surface area contributed by atoms with Crippen LogP contribution >= 0.6 is 24.0 Å². The fraction of sp³-hybridized carbons (Fsp3) is 0.550. The van der Waals surface area contributed by atoms with Gasteiger partial charge in [-0.05, 0) is 25.3 Å². The molecule has 152 valence electrons. The van der Waals surface area contributed by atoms with E-state index in [2.05, 4.69) is 36.6 Å². The van der Waals surface area contributed by atoms with Crippen LogP contribution in [0.3, 0.4) is 0 Å². The maximum Gasteiger partial charge on any atom is 0.191 e. The molecular weight excluding hydrogens is 465 g/mol. The summed E-state index contributed by atoms with van der Waals surface area (Å²) in [5, 5.41) is 7.05. The molecular formula is C20H30IN7. The molecule has 1 unspecified atom stereocenters. The van der Waals surface area contributed by atoms with Crippen LogP contribution in [0.25, 0.3) is 5.82 Å². The smallest absolute Gasteiger partial charge is 0.191 e. The van der Waals surface area contributed by atoms with E-state index in [4.69, 9.17) is 0 Å². The van der Waals surface area contributed by atoms with Crippen molar-refractivity contribution < 1.29 is 0 Å². The topological polar surface area (TPSA) is 70.4 Å². The van der Waals surface area contributed by atoms with Crippen molar-refractivity contribution in [1.82, 2.24) is 30.1 Å². The number of aromatic nitrogens is 3. The predicted octanol–water partition coefficient (Wildman–Crippen LogP) is 2.57. The summed E-state index contributed by atoms with van der Waals surface area (Å²) in [7, 11) is 1.83. The lowest BCUT2D eigenvalue weighted by Crippen LogP contribution is -2.45. The first-order chi connectivity index (χ1) is 13.3. The van der Waals surface area contributed by atoms with E-state index in [1.165, 1.54) is 38.6 Å². The molecule has 28 heavy (non-hydrogen) atoms. The predicted molar refractivity (Wildman–Crippen MR) is 122 cm³/mol. The fourth-order valence-corrected chi connectivity index (χ4v) is 4.26. The highest BCUT2D eigenvalue weighted by Gasteiger charge is 2.30. The molecule has 1 aliphatic heterocycles. The van der Waals surface area contributed by atoms with Gasteiger partial charge < -0.3 is 10.6 Å². The van der Waals surface area contributed by atoms with Crippen LogP contribution in [-0.4, -0.2) is 57.6 Å². The van der Waals surface area contributed by atoms with Crippen molar-refractivity contribution in [3.63, 3.8) is 0 Å². The van der Waals surface area contributed by atoms with Crippen molar-refractivity contribution in [1.29, 1.82) is 0 Å². The number of likely N-dealkylation sites (tertiary alicyclic amines) is 1. The van der Waals surface area contributed by atoms with Crippen molar-refractivity contribution in [3.05, 3.63) is 42.6 Å². The minimum Gasteiger partial charge on any atom is -0.352 e. The summed E-state index contributed by atoms with van der Waals surface area (Å²) in [6.07, 6.45) is 14.0. The number of hydrogen-bond donors (Lipinski definition) is 2. The zero-order valence-electron chi connectivity index (χ0n) is 16.4. The molecule has 0 aromatic carbocycles. The van der Waals surface area contributed by atoms with Crippen LogP contribution in [0.4, 0.5) is 0 Å². The molecule has 0 amide bonds. The van der Waals surface area contributed by atoms with Gasteiger partial charge in [0.1, 0.15) is 12.1 Å². The molecule has 0 spiro atoms. The number of guanidine groups is 1. The normalized spacial score (nSPS) is 20.9. The quantitative estimate of drug-likeness (QED) is 0.379. The van der Waals surface area contributed by atoms with Gasteiger partial charge in [0, 0.05) is 62.9 Å². The molecule has 2 aromatic heterocycles. The van der Waals surface area contributed by atoms with E-state index in [0.717, 1.165) is 29.9 Å². The van der Waals surface area contributed by atoms with Gasteiger partial charge in [-0.15, -0.1) is 24.0 Å². The molecule has 7 nitrogen and oxygen atoms in total. The Morgan fingerprint density at radius 1 is 1.25 bits per heavy atom. The number of nitrogens with zero attached hydrogens (tertiary/aromatic N) is 5. The van der Waals surface area contributed by atoms with Crippen LogP contribution < -0.4 is 10.6 Å². The Bertz CT molecular complexity index is 756. The highest BCUT2D eigenvalue weighted by Crippen LogP contribution is 2.26. The molecule has 3 heterocycles. The Kier molecular flexibility index (Phi) is 7.66. The molecule has 8 heteroatoms. The van der Waals surface area contributed by atoms with Crippen molar-refractivity contribution in [2.45, 2.75) is 50.7 Å². The SMILES string of the molecule is CN=C(NCc1cccnc1-n1ccnc1)NC1CCN(C2CCCC2)C1.I. The van der Waals surface area contributed by atoms with Crippen LogP contribution in [0.2, 0.25) is 0 Å². The standard InChI is InChI=1S/C20H29N7.HI/c1-21-20(25-17-8-11-26(14-17)18-6-2-3-7-18)24-13-16-5-4-9-23-19(16)27-12-10-22-15-27;/h4-5,9-10,12,15,17-18H,2-3,6-8,11,13-14H2,1H3,(H2,21,24,25);1H. The summed E-state index contributed by atoms with van der Waals surface area (Å²) in [4.78, 5) is 15.7. The maximum atomic E-state index is 4.50. The van der Waals surface area contributed by atoms with E-state index >= 15 is 0 Å². The number of hydrogen-bond acceptors (Lipinski definition) is 4. The first kappa shape index (κ1) is 21.0. The van der Waals surface area contributed by atoms with Gasteiger partial charge in [-0.2, -0.15) is 0 Å². The van der Waals surface area contributed by atoms with E-state index in [0.29, 0.717) is 12.6 Å². The molecule has 1 aliphatic carbocycles. The number of rotatable bonds is 5. The Morgan fingerprint density at radius 3 is 2.86 bits per heavy atom. The van der Waals surface area contributed by atoms with Crippen LogP contribution in [0.15, 0.2) is 42.0 Å². The van der Waals surface area contributed by atoms with Crippen molar-refractivity contribution in [2.24, 2.45) is 4.99 Å². The van der Waals surface area contributed by atoms with Crippen molar-refractivity contribution >= 4 is 29.9 Å². The van der Waals surface area contributed by atoms with Crippen molar-refractivity contribution in [2.75, 3.05) is 20.1 Å². The fourth-order valence-electron chi connectivity index (χ4n) is 4.26. The summed E-state index contributed by atoms with van der Waals surface area (Å²) in [6, 6.07) is 5.32. The first-order valence-electron chi connectivity index (χ1n) is 9.97. The zero-order chi connectivity index (χ0) is 18.5. The average molecular weight is 495 g/mol. The number of halogens is 1. The molecule has 2 aromatic rings. The number of nitrogens with one attached hydrogen (secondary N) is 2. The molecule has 1 saturated carbocycles. The zero-order valence-corrected chi connectivity index (χ0v) is 18.8. The third kappa shape index (κ3) is 5.02. The van der Waals surface area contributed by atoms with Gasteiger partial charge in [0.2, 0.25) is 0 Å². The number of imidazole rings is 1. The average Bonchev–Trinajstić information content (AvgIpc) is 3.47. The number of pyridine rings is 1. The van der Waals surface area contributed by atoms with E-state index in [9.17, 15) is 0 Å². The number of aliphatic imine (C=N–C) groups is 1. The second-order valence-electron chi connectivity index (χ2n) is 7.45. The van der Waals surface area contributed by atoms with Gasteiger partial charge in [-0.25, -0.2) is 9.97 Å². The highest BCUT2D eigenvalue weighted by atomic mass is 127. The molecule has 1 saturated heterocycles. The van der Waals surface area contributed by atoms with Crippen LogP contribution in [0.5, 0.6) is 0 Å². The summed E-state index contributed by atoms with van der Waals surface area (Å²) in [5.74, 6) is 1.75. The minimum atomic E-state index is 0. The third-order valence-corrected chi connectivity index (χ3v) is 5.69. The van der Waals surface area contributed by atoms with Crippen LogP contribution in [-0.2, 0) is 6.54 Å². The monoisotopic (exact) mass is 495 g/mol. The second kappa shape index (κ2) is 10.2. The Morgan fingerprint density at radius 2 is 2.11 bits per heavy atom. The first-order valence-corrected chi connectivity index (χ1v) is 9.97. The van der Waals surface area contributed by atoms with Gasteiger partial charge in [0.25, 0.3) is 0 Å². The Labute approximate surface area is 184 Å². The second-order valence-corrected chi connectivity index (χ2v) is 7.45. The summed E-state index contributed by atoms with van der Waals surface area (Å²) >= 11 is 0. The minimum absolute atomic E-state index is 0. The maximum absolute atomic E-state index is 4.50. The van der Waals surface area contributed by atoms with Crippen molar-refractivity contribution in [3.8, 4) is 5.82 Å². The Hall–Kier alpha value is -1.68. The largest absolute Gasteiger partial charge is 0.352 e. The molecule has 4 rings (SSSR count). The van der Waals surface area contributed by atoms with E-state index in [-0.39, 0.29) is 24.0 Å². The summed E-state index contributed by atoms with van der Waals surface area (Å²) in [6.45, 7) is 2.99. The lowest BCUT2D eigenvalue weighted by atomic mass is 10.2. The van der Waals surface area contributed by atoms with E-state index in [1.54, 1.807) is 12.5 Å². The third-order valence-electron chi connectivity index (χ3n) is 5.69. The molecule has 0 radical (unpaired) electrons. The molecule has 2 fully saturated rings. The van der Waals surface area contributed by atoms with Gasteiger partial charge in [0.05, 0.1) is 0 Å². The van der Waals surface area contributed by atoms with Gasteiger partial charge in [-0.1, -0.05) is 18.9 Å². The molecule has 2 aliphatic rings. The van der Waals surface area contributed by atoms with Gasteiger partial charge in [0.15, 0.2) is 5.96 Å². The molecule has 2 N–H and O–H groups in total. The molecule has 0 bridgehead atoms. The van der Waals surface area contributed by atoms with Gasteiger partial charge >= 0.3 is 0 Å². The lowest BCUT2D eigenvalue weighted by Gasteiger charge is -2.24. The molecule has 1 atom stereocenters. The summed E-state index contributed by atoms with van der Waals surface area (Å²) < 4.78 is 1.93. The van der Waals surface area contributed by atoms with Gasteiger partial charge in [-0.3, -0.25) is 14.5 Å². The van der Waals surface area contributed by atoms with Crippen LogP contribution in [0.1, 0.15) is 37.7 Å². The van der Waals surface area contributed by atoms with E-state index < -0.39 is 0 Å². The lowest BCUT2D eigenvalue weighted by molar-refractivity contribution is 0.242. The summed E-state index contributed by atoms with van der Waals surface area (Å²) in [5.41, 5.74) is 1.11. The van der Waals surface area contributed by atoms with E-state index in [1.807, 2.05) is 30.1 Å². The highest BCUT2D eigenvalue weighted by molar-refractivity contribution is 14.0.